The van der Waals surface area contributed by atoms with Crippen molar-refractivity contribution in [1.29, 1.82) is 0 Å². The molecule has 6 nitrogen and oxygen atoms in total. The van der Waals surface area contributed by atoms with Gasteiger partial charge in [-0.15, -0.1) is 0 Å². The van der Waals surface area contributed by atoms with Gasteiger partial charge in [-0.3, -0.25) is 9.59 Å². The Morgan fingerprint density at radius 3 is 2.41 bits per heavy atom. The molecule has 1 aliphatic rings. The molecule has 0 bridgehead atoms. The Morgan fingerprint density at radius 1 is 1.00 bits per heavy atom. The van der Waals surface area contributed by atoms with Crippen molar-refractivity contribution in [3.05, 3.63) is 94.2 Å². The van der Waals surface area contributed by atoms with E-state index in [1.807, 2.05) is 23.1 Å². The molecular formula is C25H26FN3O3. The summed E-state index contributed by atoms with van der Waals surface area (Å²) in [4.78, 5) is 29.3. The van der Waals surface area contributed by atoms with Crippen molar-refractivity contribution in [1.82, 2.24) is 9.47 Å². The van der Waals surface area contributed by atoms with Gasteiger partial charge in [0.2, 0.25) is 11.3 Å². The first-order valence-corrected chi connectivity index (χ1v) is 10.7. The first-order chi connectivity index (χ1) is 15.5. The number of pyridine rings is 1. The largest absolute Gasteiger partial charge is 0.483 e. The van der Waals surface area contributed by atoms with E-state index >= 15 is 0 Å². The zero-order chi connectivity index (χ0) is 22.5. The topological polar surface area (TPSA) is 54.8 Å². The van der Waals surface area contributed by atoms with Crippen LogP contribution in [0.2, 0.25) is 0 Å². The van der Waals surface area contributed by atoms with Crippen LogP contribution in [0.4, 0.5) is 10.1 Å². The summed E-state index contributed by atoms with van der Waals surface area (Å²) < 4.78 is 21.1. The third-order valence-corrected chi connectivity index (χ3v) is 5.71. The minimum Gasteiger partial charge on any atom is -0.483 e. The van der Waals surface area contributed by atoms with Gasteiger partial charge in [-0.05, 0) is 25.1 Å². The van der Waals surface area contributed by atoms with E-state index in [1.165, 1.54) is 18.3 Å². The number of hydrogen-bond acceptors (Lipinski definition) is 4. The summed E-state index contributed by atoms with van der Waals surface area (Å²) >= 11 is 0. The number of anilines is 1. The molecule has 2 aromatic carbocycles. The Hall–Kier alpha value is -3.61. The molecule has 0 aliphatic carbocycles. The Kier molecular flexibility index (Phi) is 6.54. The number of nitrogens with zero attached hydrogens (tertiary/aromatic N) is 3. The number of ether oxygens (including phenoxy) is 1. The maximum atomic E-state index is 13.8. The number of aromatic nitrogens is 1. The number of benzene rings is 2. The maximum Gasteiger partial charge on any atom is 0.242 e. The molecule has 3 aromatic rings. The van der Waals surface area contributed by atoms with Gasteiger partial charge in [-0.2, -0.15) is 0 Å². The van der Waals surface area contributed by atoms with E-state index in [2.05, 4.69) is 17.0 Å². The van der Waals surface area contributed by atoms with Gasteiger partial charge in [0.1, 0.15) is 19.0 Å². The molecule has 7 heteroatoms. The van der Waals surface area contributed by atoms with Gasteiger partial charge >= 0.3 is 0 Å². The van der Waals surface area contributed by atoms with Crippen LogP contribution in [0.15, 0.2) is 71.7 Å². The average molecular weight is 435 g/mol. The molecule has 166 valence electrons. The van der Waals surface area contributed by atoms with Crippen molar-refractivity contribution in [3.8, 4) is 5.75 Å². The van der Waals surface area contributed by atoms with Crippen LogP contribution in [0, 0.1) is 12.7 Å². The van der Waals surface area contributed by atoms with Crippen LogP contribution in [-0.4, -0.2) is 41.6 Å². The Morgan fingerprint density at radius 2 is 1.69 bits per heavy atom. The second-order valence-corrected chi connectivity index (χ2v) is 7.85. The monoisotopic (exact) mass is 435 g/mol. The number of para-hydroxylation sites is 1. The first kappa shape index (κ1) is 21.6. The predicted molar refractivity (Wildman–Crippen MR) is 121 cm³/mol. The third-order valence-electron chi connectivity index (χ3n) is 5.71. The molecular weight excluding hydrogens is 409 g/mol. The summed E-state index contributed by atoms with van der Waals surface area (Å²) in [5, 5.41) is 0. The number of halogens is 1. The van der Waals surface area contributed by atoms with Crippen molar-refractivity contribution in [2.75, 3.05) is 31.1 Å². The van der Waals surface area contributed by atoms with Crippen molar-refractivity contribution in [2.24, 2.45) is 0 Å². The Balaban J connectivity index is 1.39. The fraction of sp³-hybridized carbons (Fsp3) is 0.280. The zero-order valence-corrected chi connectivity index (χ0v) is 18.0. The van der Waals surface area contributed by atoms with Crippen LogP contribution in [0.25, 0.3) is 0 Å². The number of rotatable bonds is 6. The number of amides is 1. The van der Waals surface area contributed by atoms with E-state index in [4.69, 9.17) is 4.74 Å². The van der Waals surface area contributed by atoms with Gasteiger partial charge in [-0.1, -0.05) is 36.4 Å². The number of carbonyl (C=O) groups is 1. The fourth-order valence-corrected chi connectivity index (χ4v) is 3.80. The van der Waals surface area contributed by atoms with Crippen LogP contribution in [0.3, 0.4) is 0 Å². The lowest BCUT2D eigenvalue weighted by atomic mass is 10.2. The quantitative estimate of drug-likeness (QED) is 0.597. The highest BCUT2D eigenvalue weighted by molar-refractivity contribution is 5.76. The van der Waals surface area contributed by atoms with Crippen LogP contribution in [0.5, 0.6) is 5.75 Å². The second kappa shape index (κ2) is 9.68. The highest BCUT2D eigenvalue weighted by Gasteiger charge is 2.22. The molecule has 1 aromatic heterocycles. The molecule has 2 heterocycles. The molecule has 0 spiro atoms. The molecule has 1 amide bonds. The van der Waals surface area contributed by atoms with Crippen LogP contribution in [0.1, 0.15) is 11.3 Å². The number of carbonyl (C=O) groups excluding carboxylic acids is 1. The Bertz CT molecular complexity index is 1140. The SMILES string of the molecule is Cc1cc(=O)c(OCc2ccccc2F)cn1CC(=O)N1CCN(c2ccccc2)CC1. The van der Waals surface area contributed by atoms with Crippen molar-refractivity contribution >= 4 is 11.6 Å². The molecule has 32 heavy (non-hydrogen) atoms. The summed E-state index contributed by atoms with van der Waals surface area (Å²) in [6, 6.07) is 17.9. The van der Waals surface area contributed by atoms with Crippen molar-refractivity contribution in [2.45, 2.75) is 20.1 Å². The van der Waals surface area contributed by atoms with Crippen LogP contribution in [-0.2, 0) is 17.9 Å². The Labute approximate surface area is 186 Å². The van der Waals surface area contributed by atoms with Gasteiger partial charge in [0.25, 0.3) is 0 Å². The van der Waals surface area contributed by atoms with Crippen LogP contribution >= 0.6 is 0 Å². The summed E-state index contributed by atoms with van der Waals surface area (Å²) in [5.41, 5.74) is 1.91. The van der Waals surface area contributed by atoms with Crippen molar-refractivity contribution in [3.63, 3.8) is 0 Å². The predicted octanol–water partition coefficient (Wildman–Crippen LogP) is 3.22. The molecule has 1 aliphatic heterocycles. The lowest BCUT2D eigenvalue weighted by Gasteiger charge is -2.36. The summed E-state index contributed by atoms with van der Waals surface area (Å²) in [5.74, 6) is -0.296. The minimum atomic E-state index is -0.384. The molecule has 4 rings (SSSR count). The normalized spacial score (nSPS) is 13.8. The number of piperazine rings is 1. The van der Waals surface area contributed by atoms with E-state index in [0.29, 0.717) is 24.3 Å². The zero-order valence-electron chi connectivity index (χ0n) is 18.0. The van der Waals surface area contributed by atoms with E-state index in [9.17, 15) is 14.0 Å². The van der Waals surface area contributed by atoms with Crippen LogP contribution < -0.4 is 15.1 Å². The molecule has 0 saturated carbocycles. The summed E-state index contributed by atoms with van der Waals surface area (Å²) in [6.45, 7) is 4.68. The smallest absolute Gasteiger partial charge is 0.242 e. The second-order valence-electron chi connectivity index (χ2n) is 7.85. The third kappa shape index (κ3) is 4.99. The fourth-order valence-electron chi connectivity index (χ4n) is 3.80. The molecule has 0 radical (unpaired) electrons. The standard InChI is InChI=1S/C25H26FN3O3/c1-19-15-23(30)24(32-18-20-7-5-6-10-22(20)26)16-29(19)17-25(31)28-13-11-27(12-14-28)21-8-3-2-4-9-21/h2-10,15-16H,11-14,17-18H2,1H3. The van der Waals surface area contributed by atoms with Gasteiger partial charge in [-0.25, -0.2) is 4.39 Å². The van der Waals surface area contributed by atoms with Gasteiger partial charge in [0.15, 0.2) is 5.75 Å². The van der Waals surface area contributed by atoms with E-state index in [1.54, 1.807) is 29.7 Å². The molecule has 0 N–H and O–H groups in total. The van der Waals surface area contributed by atoms with E-state index in [-0.39, 0.29) is 36.1 Å². The summed E-state index contributed by atoms with van der Waals surface area (Å²) in [6.07, 6.45) is 1.54. The van der Waals surface area contributed by atoms with Gasteiger partial charge < -0.3 is 19.1 Å². The highest BCUT2D eigenvalue weighted by atomic mass is 19.1. The van der Waals surface area contributed by atoms with Gasteiger partial charge in [0, 0.05) is 49.2 Å². The molecule has 1 fully saturated rings. The van der Waals surface area contributed by atoms with Crippen molar-refractivity contribution < 1.29 is 13.9 Å². The van der Waals surface area contributed by atoms with E-state index < -0.39 is 0 Å². The van der Waals surface area contributed by atoms with E-state index in [0.717, 1.165) is 18.8 Å². The molecule has 1 saturated heterocycles. The average Bonchev–Trinajstić information content (AvgIpc) is 2.81. The maximum absolute atomic E-state index is 13.8. The first-order valence-electron chi connectivity index (χ1n) is 10.7. The minimum absolute atomic E-state index is 0.00971. The molecule has 0 unspecified atom stereocenters. The highest BCUT2D eigenvalue weighted by Crippen LogP contribution is 2.16. The number of aryl methyl sites for hydroxylation is 1. The molecule has 0 atom stereocenters. The van der Waals surface area contributed by atoms with Gasteiger partial charge in [0.05, 0.1) is 6.20 Å². The lowest BCUT2D eigenvalue weighted by molar-refractivity contribution is -0.132. The number of hydrogen-bond donors (Lipinski definition) is 0. The lowest BCUT2D eigenvalue weighted by Crippen LogP contribution is -2.49. The summed E-state index contributed by atoms with van der Waals surface area (Å²) in [7, 11) is 0.